The zero-order chi connectivity index (χ0) is 9.97. The van der Waals surface area contributed by atoms with Gasteiger partial charge in [-0.1, -0.05) is 0 Å². The van der Waals surface area contributed by atoms with Gasteiger partial charge in [-0.3, -0.25) is 4.57 Å². The quantitative estimate of drug-likeness (QED) is 0.825. The molecule has 1 N–H and O–H groups in total. The Kier molecular flexibility index (Phi) is 2.49. The summed E-state index contributed by atoms with van der Waals surface area (Å²) in [5.41, 5.74) is 0.998. The maximum absolute atomic E-state index is 11.1. The predicted molar refractivity (Wildman–Crippen MR) is 55.6 cm³/mol. The summed E-state index contributed by atoms with van der Waals surface area (Å²) in [5, 5.41) is 3.11. The Morgan fingerprint density at radius 1 is 1.64 bits per heavy atom. The Bertz CT molecular complexity index is 468. The van der Waals surface area contributed by atoms with Gasteiger partial charge in [0.15, 0.2) is 0 Å². The molecule has 2 aromatic rings. The molecule has 2 heterocycles. The van der Waals surface area contributed by atoms with Crippen LogP contribution in [0, 0.1) is 6.92 Å². The summed E-state index contributed by atoms with van der Waals surface area (Å²) in [6, 6.07) is 0. The fraction of sp³-hybridized carbons (Fsp3) is 0.333. The zero-order valence-corrected chi connectivity index (χ0v) is 8.67. The molecule has 0 aliphatic carbocycles. The van der Waals surface area contributed by atoms with E-state index in [0.29, 0.717) is 6.54 Å². The largest absolute Gasteiger partial charge is 0.325 e. The maximum atomic E-state index is 11.1. The summed E-state index contributed by atoms with van der Waals surface area (Å²) in [6.07, 6.45) is 4.21. The van der Waals surface area contributed by atoms with Gasteiger partial charge in [0.1, 0.15) is 0 Å². The van der Waals surface area contributed by atoms with E-state index in [1.165, 1.54) is 0 Å². The Labute approximate surface area is 85.2 Å². The summed E-state index contributed by atoms with van der Waals surface area (Å²) in [4.78, 5) is 18.1. The van der Waals surface area contributed by atoms with Crippen molar-refractivity contribution in [3.05, 3.63) is 39.0 Å². The van der Waals surface area contributed by atoms with Crippen molar-refractivity contribution in [2.45, 2.75) is 19.9 Å². The minimum absolute atomic E-state index is 0.0584. The molecule has 0 fully saturated rings. The molecule has 14 heavy (non-hydrogen) atoms. The van der Waals surface area contributed by atoms with Crippen molar-refractivity contribution < 1.29 is 0 Å². The summed E-state index contributed by atoms with van der Waals surface area (Å²) in [6.45, 7) is 2.67. The van der Waals surface area contributed by atoms with E-state index in [1.807, 2.05) is 12.3 Å². The normalized spacial score (nSPS) is 10.6. The van der Waals surface area contributed by atoms with Crippen LogP contribution in [-0.2, 0) is 13.0 Å². The summed E-state index contributed by atoms with van der Waals surface area (Å²) in [5.74, 6) is 0. The molecule has 0 atom stereocenters. The Morgan fingerprint density at radius 2 is 2.50 bits per heavy atom. The number of thiazole rings is 1. The molecule has 0 radical (unpaired) electrons. The number of nitrogens with one attached hydrogen (secondary N) is 1. The van der Waals surface area contributed by atoms with Gasteiger partial charge in [0.25, 0.3) is 0 Å². The van der Waals surface area contributed by atoms with Crippen molar-refractivity contribution in [3.63, 3.8) is 0 Å². The highest BCUT2D eigenvalue weighted by Crippen LogP contribution is 2.08. The second-order valence-corrected chi connectivity index (χ2v) is 4.13. The highest BCUT2D eigenvalue weighted by Gasteiger charge is 2.00. The molecule has 0 amide bonds. The van der Waals surface area contributed by atoms with Crippen LogP contribution in [0.4, 0.5) is 0 Å². The molecular weight excluding hydrogens is 198 g/mol. The predicted octanol–water partition coefficient (Wildman–Crippen LogP) is 1.18. The van der Waals surface area contributed by atoms with Crippen LogP contribution >= 0.6 is 11.3 Å². The van der Waals surface area contributed by atoms with Crippen LogP contribution in [0.1, 0.15) is 10.7 Å². The molecule has 0 saturated carbocycles. The number of aromatic amines is 1. The van der Waals surface area contributed by atoms with Gasteiger partial charge in [-0.2, -0.15) is 0 Å². The molecule has 2 rings (SSSR count). The van der Waals surface area contributed by atoms with Crippen molar-refractivity contribution in [2.75, 3.05) is 0 Å². The van der Waals surface area contributed by atoms with E-state index >= 15 is 0 Å². The first-order chi connectivity index (χ1) is 6.75. The fourth-order valence-electron chi connectivity index (χ4n) is 1.28. The summed E-state index contributed by atoms with van der Waals surface area (Å²) >= 11 is 1.64. The molecule has 0 bridgehead atoms. The van der Waals surface area contributed by atoms with Gasteiger partial charge >= 0.3 is 5.69 Å². The smallest absolute Gasteiger partial charge is 0.313 e. The first-order valence-corrected chi connectivity index (χ1v) is 5.28. The molecule has 0 aromatic carbocycles. The molecule has 4 nitrogen and oxygen atoms in total. The highest BCUT2D eigenvalue weighted by molar-refractivity contribution is 7.09. The van der Waals surface area contributed by atoms with E-state index in [0.717, 1.165) is 17.1 Å². The minimum Gasteiger partial charge on any atom is -0.313 e. The van der Waals surface area contributed by atoms with E-state index in [-0.39, 0.29) is 5.69 Å². The van der Waals surface area contributed by atoms with E-state index in [4.69, 9.17) is 0 Å². The van der Waals surface area contributed by atoms with Gasteiger partial charge < -0.3 is 4.98 Å². The number of nitrogens with zero attached hydrogens (tertiary/aromatic N) is 2. The van der Waals surface area contributed by atoms with E-state index in [2.05, 4.69) is 9.97 Å². The zero-order valence-electron chi connectivity index (χ0n) is 7.86. The third-order valence-corrected chi connectivity index (χ3v) is 2.82. The van der Waals surface area contributed by atoms with Gasteiger partial charge in [-0.25, -0.2) is 9.78 Å². The van der Waals surface area contributed by atoms with Crippen LogP contribution in [0.2, 0.25) is 0 Å². The molecule has 0 unspecified atom stereocenters. The molecule has 0 aliphatic rings. The first-order valence-electron chi connectivity index (χ1n) is 4.40. The van der Waals surface area contributed by atoms with Crippen LogP contribution < -0.4 is 5.69 Å². The lowest BCUT2D eigenvalue weighted by Gasteiger charge is -1.97. The van der Waals surface area contributed by atoms with Crippen molar-refractivity contribution in [1.82, 2.24) is 14.5 Å². The van der Waals surface area contributed by atoms with Crippen LogP contribution in [0.25, 0.3) is 0 Å². The topological polar surface area (TPSA) is 50.7 Å². The number of H-pyrrole nitrogens is 1. The Balaban J connectivity index is 2.01. The van der Waals surface area contributed by atoms with Crippen LogP contribution in [0.5, 0.6) is 0 Å². The number of aromatic nitrogens is 3. The third kappa shape index (κ3) is 1.93. The van der Waals surface area contributed by atoms with E-state index in [9.17, 15) is 4.79 Å². The highest BCUT2D eigenvalue weighted by atomic mass is 32.1. The summed E-state index contributed by atoms with van der Waals surface area (Å²) < 4.78 is 1.65. The van der Waals surface area contributed by atoms with Gasteiger partial charge in [0.05, 0.1) is 10.7 Å². The van der Waals surface area contributed by atoms with Gasteiger partial charge in [0, 0.05) is 30.7 Å². The monoisotopic (exact) mass is 209 g/mol. The standard InChI is InChI=1S/C9H11N3OS/c1-7-11-8(6-14-7)2-4-12-5-3-10-9(12)13/h3,5-6H,2,4H2,1H3,(H,10,13). The second-order valence-electron chi connectivity index (χ2n) is 3.07. The van der Waals surface area contributed by atoms with Crippen molar-refractivity contribution >= 4 is 11.3 Å². The number of imidazole rings is 1. The Morgan fingerprint density at radius 3 is 3.07 bits per heavy atom. The minimum atomic E-state index is -0.0584. The second kappa shape index (κ2) is 3.79. The van der Waals surface area contributed by atoms with E-state index in [1.54, 1.807) is 28.3 Å². The number of rotatable bonds is 3. The van der Waals surface area contributed by atoms with Crippen LogP contribution in [0.15, 0.2) is 22.6 Å². The van der Waals surface area contributed by atoms with E-state index < -0.39 is 0 Å². The average Bonchev–Trinajstić information content (AvgIpc) is 2.72. The fourth-order valence-corrected chi connectivity index (χ4v) is 1.93. The average molecular weight is 209 g/mol. The molecule has 5 heteroatoms. The molecule has 2 aromatic heterocycles. The molecule has 0 spiro atoms. The van der Waals surface area contributed by atoms with Crippen molar-refractivity contribution in [2.24, 2.45) is 0 Å². The first kappa shape index (κ1) is 9.21. The number of hydrogen-bond donors (Lipinski definition) is 1. The lowest BCUT2D eigenvalue weighted by molar-refractivity contribution is 0.664. The van der Waals surface area contributed by atoms with Gasteiger partial charge in [0.2, 0.25) is 0 Å². The molecule has 0 saturated heterocycles. The summed E-state index contributed by atoms with van der Waals surface area (Å²) in [7, 11) is 0. The van der Waals surface area contributed by atoms with Gasteiger partial charge in [-0.05, 0) is 6.92 Å². The molecule has 0 aliphatic heterocycles. The number of hydrogen-bond acceptors (Lipinski definition) is 3. The lowest BCUT2D eigenvalue weighted by atomic mass is 10.3. The van der Waals surface area contributed by atoms with Crippen molar-refractivity contribution in [1.29, 1.82) is 0 Å². The lowest BCUT2D eigenvalue weighted by Crippen LogP contribution is -2.17. The van der Waals surface area contributed by atoms with Crippen LogP contribution in [-0.4, -0.2) is 14.5 Å². The Hall–Kier alpha value is -1.36. The van der Waals surface area contributed by atoms with Gasteiger partial charge in [-0.15, -0.1) is 11.3 Å². The third-order valence-electron chi connectivity index (χ3n) is 2.00. The SMILES string of the molecule is Cc1nc(CCn2cc[nH]c2=O)cs1. The molecule has 74 valence electrons. The molecular formula is C9H11N3OS. The van der Waals surface area contributed by atoms with Crippen molar-refractivity contribution in [3.8, 4) is 0 Å². The number of aryl methyl sites for hydroxylation is 3. The maximum Gasteiger partial charge on any atom is 0.325 e. The van der Waals surface area contributed by atoms with Crippen LogP contribution in [0.3, 0.4) is 0 Å².